The van der Waals surface area contributed by atoms with E-state index in [1.54, 1.807) is 12.1 Å². The summed E-state index contributed by atoms with van der Waals surface area (Å²) >= 11 is 0. The molecule has 2 N–H and O–H groups in total. The van der Waals surface area contributed by atoms with Gasteiger partial charge in [-0.3, -0.25) is 4.79 Å². The zero-order chi connectivity index (χ0) is 13.5. The third-order valence-electron chi connectivity index (χ3n) is 2.52. The van der Waals surface area contributed by atoms with Crippen LogP contribution in [0.15, 0.2) is 42.5 Å². The molecule has 0 saturated carbocycles. The summed E-state index contributed by atoms with van der Waals surface area (Å²) in [6, 6.07) is 9.11. The van der Waals surface area contributed by atoms with Crippen molar-refractivity contribution < 1.29 is 9.90 Å². The number of aliphatic hydroxyl groups is 1. The number of nitrogens with one attached hydrogen (secondary N) is 1. The Kier molecular flexibility index (Phi) is 5.59. The standard InChI is InChI=1S/C15H21NO2/c1-11(2)9-12(3)10-14(17)15(18)16-13-7-5-4-6-8-13/h4-8,11,14,17H,3,9-10H2,1-2H3,(H,16,18)/t14-/m0/s1. The van der Waals surface area contributed by atoms with Crippen LogP contribution in [0.25, 0.3) is 0 Å². The van der Waals surface area contributed by atoms with Gasteiger partial charge in [0.1, 0.15) is 6.10 Å². The molecule has 0 aromatic heterocycles. The lowest BCUT2D eigenvalue weighted by Crippen LogP contribution is -2.28. The van der Waals surface area contributed by atoms with Crippen LogP contribution in [-0.4, -0.2) is 17.1 Å². The highest BCUT2D eigenvalue weighted by Crippen LogP contribution is 2.15. The molecule has 0 radical (unpaired) electrons. The van der Waals surface area contributed by atoms with Gasteiger partial charge in [-0.1, -0.05) is 44.2 Å². The zero-order valence-corrected chi connectivity index (χ0v) is 11.0. The van der Waals surface area contributed by atoms with Crippen LogP contribution in [0.2, 0.25) is 0 Å². The highest BCUT2D eigenvalue weighted by molar-refractivity contribution is 5.94. The zero-order valence-electron chi connectivity index (χ0n) is 11.0. The maximum absolute atomic E-state index is 11.7. The van der Waals surface area contributed by atoms with Crippen LogP contribution in [0.5, 0.6) is 0 Å². The van der Waals surface area contributed by atoms with Crippen LogP contribution >= 0.6 is 0 Å². The average Bonchev–Trinajstić information content (AvgIpc) is 2.28. The number of rotatable bonds is 6. The Morgan fingerprint density at radius 2 is 1.89 bits per heavy atom. The molecule has 0 bridgehead atoms. The predicted octanol–water partition coefficient (Wildman–Crippen LogP) is 2.98. The number of carbonyl (C=O) groups is 1. The van der Waals surface area contributed by atoms with Gasteiger partial charge >= 0.3 is 0 Å². The Labute approximate surface area is 109 Å². The van der Waals surface area contributed by atoms with Crippen LogP contribution in [-0.2, 0) is 4.79 Å². The third-order valence-corrected chi connectivity index (χ3v) is 2.52. The molecule has 0 saturated heterocycles. The van der Waals surface area contributed by atoms with E-state index < -0.39 is 6.10 Å². The lowest BCUT2D eigenvalue weighted by molar-refractivity contribution is -0.123. The number of benzene rings is 1. The molecule has 3 heteroatoms. The first kappa shape index (κ1) is 14.5. The molecule has 3 nitrogen and oxygen atoms in total. The van der Waals surface area contributed by atoms with Crippen LogP contribution in [0, 0.1) is 5.92 Å². The maximum Gasteiger partial charge on any atom is 0.253 e. The van der Waals surface area contributed by atoms with Crippen molar-refractivity contribution in [3.63, 3.8) is 0 Å². The van der Waals surface area contributed by atoms with Gasteiger partial charge in [0.15, 0.2) is 0 Å². The van der Waals surface area contributed by atoms with E-state index in [9.17, 15) is 9.90 Å². The van der Waals surface area contributed by atoms with E-state index in [2.05, 4.69) is 25.7 Å². The molecule has 0 aliphatic carbocycles. The Balaban J connectivity index is 2.44. The molecule has 0 spiro atoms. The van der Waals surface area contributed by atoms with Crippen LogP contribution in [0.1, 0.15) is 26.7 Å². The maximum atomic E-state index is 11.7. The van der Waals surface area contributed by atoms with E-state index in [1.165, 1.54) is 0 Å². The molecule has 1 aromatic rings. The first-order valence-electron chi connectivity index (χ1n) is 6.19. The average molecular weight is 247 g/mol. The molecule has 1 rings (SSSR count). The fourth-order valence-corrected chi connectivity index (χ4v) is 1.77. The van der Waals surface area contributed by atoms with Crippen LogP contribution in [0.3, 0.4) is 0 Å². The number of anilines is 1. The quantitative estimate of drug-likeness (QED) is 0.759. The number of hydrogen-bond acceptors (Lipinski definition) is 2. The number of aliphatic hydroxyl groups excluding tert-OH is 1. The van der Waals surface area contributed by atoms with Crippen molar-refractivity contribution in [3.8, 4) is 0 Å². The van der Waals surface area contributed by atoms with Crippen molar-refractivity contribution >= 4 is 11.6 Å². The molecule has 0 aliphatic heterocycles. The minimum Gasteiger partial charge on any atom is -0.383 e. The monoisotopic (exact) mass is 247 g/mol. The van der Waals surface area contributed by atoms with E-state index in [0.29, 0.717) is 18.0 Å². The van der Waals surface area contributed by atoms with Gasteiger partial charge in [-0.25, -0.2) is 0 Å². The number of para-hydroxylation sites is 1. The van der Waals surface area contributed by atoms with Crippen molar-refractivity contribution in [2.45, 2.75) is 32.8 Å². The Morgan fingerprint density at radius 3 is 2.44 bits per heavy atom. The first-order chi connectivity index (χ1) is 8.49. The largest absolute Gasteiger partial charge is 0.383 e. The first-order valence-corrected chi connectivity index (χ1v) is 6.19. The van der Waals surface area contributed by atoms with Crippen LogP contribution in [0.4, 0.5) is 5.69 Å². The predicted molar refractivity (Wildman–Crippen MR) is 74.3 cm³/mol. The normalized spacial score (nSPS) is 12.2. The lowest BCUT2D eigenvalue weighted by atomic mass is 9.99. The van der Waals surface area contributed by atoms with Gasteiger partial charge < -0.3 is 10.4 Å². The number of carbonyl (C=O) groups excluding carboxylic acids is 1. The van der Waals surface area contributed by atoms with E-state index in [0.717, 1.165) is 12.0 Å². The number of hydrogen-bond donors (Lipinski definition) is 2. The smallest absolute Gasteiger partial charge is 0.253 e. The topological polar surface area (TPSA) is 49.3 Å². The van der Waals surface area contributed by atoms with Crippen LogP contribution < -0.4 is 5.32 Å². The summed E-state index contributed by atoms with van der Waals surface area (Å²) in [5, 5.41) is 12.5. The minimum atomic E-state index is -1.03. The fourth-order valence-electron chi connectivity index (χ4n) is 1.77. The van der Waals surface area contributed by atoms with Crippen molar-refractivity contribution in [2.24, 2.45) is 5.92 Å². The summed E-state index contributed by atoms with van der Waals surface area (Å²) in [5.74, 6) is 0.105. The Bertz CT molecular complexity index is 398. The van der Waals surface area contributed by atoms with Crippen molar-refractivity contribution in [2.75, 3.05) is 5.32 Å². The highest BCUT2D eigenvalue weighted by Gasteiger charge is 2.16. The molecule has 18 heavy (non-hydrogen) atoms. The van der Waals surface area contributed by atoms with Crippen molar-refractivity contribution in [3.05, 3.63) is 42.5 Å². The van der Waals surface area contributed by atoms with Gasteiger partial charge in [-0.05, 0) is 24.5 Å². The van der Waals surface area contributed by atoms with Gasteiger partial charge in [-0.15, -0.1) is 0 Å². The van der Waals surface area contributed by atoms with Gasteiger partial charge in [0.05, 0.1) is 0 Å². The molecule has 0 unspecified atom stereocenters. The summed E-state index contributed by atoms with van der Waals surface area (Å²) in [7, 11) is 0. The second kappa shape index (κ2) is 6.97. The fraction of sp³-hybridized carbons (Fsp3) is 0.400. The summed E-state index contributed by atoms with van der Waals surface area (Å²) in [6.45, 7) is 8.05. The summed E-state index contributed by atoms with van der Waals surface area (Å²) in [5.41, 5.74) is 1.59. The van der Waals surface area contributed by atoms with Crippen molar-refractivity contribution in [1.82, 2.24) is 0 Å². The SMILES string of the molecule is C=C(CC(C)C)C[C@H](O)C(=O)Nc1ccccc1. The molecule has 1 amide bonds. The molecule has 98 valence electrons. The molecular formula is C15H21NO2. The van der Waals surface area contributed by atoms with E-state index in [4.69, 9.17) is 0 Å². The van der Waals surface area contributed by atoms with Gasteiger partial charge in [0, 0.05) is 12.1 Å². The molecule has 1 aromatic carbocycles. The highest BCUT2D eigenvalue weighted by atomic mass is 16.3. The van der Waals surface area contributed by atoms with Gasteiger partial charge in [0.2, 0.25) is 0 Å². The molecular weight excluding hydrogens is 226 g/mol. The van der Waals surface area contributed by atoms with E-state index >= 15 is 0 Å². The third kappa shape index (κ3) is 5.15. The Hall–Kier alpha value is -1.61. The minimum absolute atomic E-state index is 0.316. The lowest BCUT2D eigenvalue weighted by Gasteiger charge is -2.14. The molecule has 0 fully saturated rings. The molecule has 0 aliphatic rings. The van der Waals surface area contributed by atoms with Gasteiger partial charge in [-0.2, -0.15) is 0 Å². The Morgan fingerprint density at radius 1 is 1.28 bits per heavy atom. The molecule has 0 heterocycles. The second-order valence-corrected chi connectivity index (χ2v) is 4.92. The second-order valence-electron chi connectivity index (χ2n) is 4.92. The van der Waals surface area contributed by atoms with E-state index in [1.807, 2.05) is 18.2 Å². The van der Waals surface area contributed by atoms with Crippen molar-refractivity contribution in [1.29, 1.82) is 0 Å². The molecule has 1 atom stereocenters. The summed E-state index contributed by atoms with van der Waals surface area (Å²) < 4.78 is 0. The summed E-state index contributed by atoms with van der Waals surface area (Å²) in [6.07, 6.45) is 0.114. The van der Waals surface area contributed by atoms with E-state index in [-0.39, 0.29) is 5.91 Å². The summed E-state index contributed by atoms with van der Waals surface area (Å²) in [4.78, 5) is 11.7. The van der Waals surface area contributed by atoms with Gasteiger partial charge in [0.25, 0.3) is 5.91 Å². The number of amides is 1.